The van der Waals surface area contributed by atoms with E-state index in [0.29, 0.717) is 37.0 Å². The Morgan fingerprint density at radius 3 is 2.15 bits per heavy atom. The first-order chi connectivity index (χ1) is 18.0. The van der Waals surface area contributed by atoms with Gasteiger partial charge in [0.1, 0.15) is 6.10 Å². The lowest BCUT2D eigenvalue weighted by Gasteiger charge is -2.63. The minimum atomic E-state index is -4.92. The van der Waals surface area contributed by atoms with Crippen LogP contribution in [0.4, 0.5) is 0 Å². The van der Waals surface area contributed by atoms with Gasteiger partial charge in [0, 0.05) is 0 Å². The molecule has 12 heteroatoms. The summed E-state index contributed by atoms with van der Waals surface area (Å²) in [5, 5.41) is 22.5. The monoisotopic (exact) mass is 594 g/mol. The van der Waals surface area contributed by atoms with Crippen LogP contribution in [-0.4, -0.2) is 61.1 Å². The van der Waals surface area contributed by atoms with Crippen molar-refractivity contribution in [3.63, 3.8) is 0 Å². The first-order valence-corrected chi connectivity index (χ1v) is 17.2. The summed E-state index contributed by atoms with van der Waals surface area (Å²) in [5.41, 5.74) is -0.150. The Kier molecular flexibility index (Phi) is 9.23. The summed E-state index contributed by atoms with van der Waals surface area (Å²) in [6.45, 7) is 8.66. The van der Waals surface area contributed by atoms with Crippen molar-refractivity contribution in [2.24, 2.45) is 52.3 Å². The van der Waals surface area contributed by atoms with Crippen LogP contribution >= 0.6 is 0 Å². The number of hydrogen-bond donors (Lipinski definition) is 2. The van der Waals surface area contributed by atoms with Gasteiger partial charge in [-0.2, -0.15) is 0 Å². The zero-order chi connectivity index (χ0) is 29.0. The quantitative estimate of drug-likeness (QED) is 0.282. The maximum atomic E-state index is 11.5. The minimum absolute atomic E-state index is 0.0149. The Bertz CT molecular complexity index is 1080. The third-order valence-electron chi connectivity index (χ3n) is 11.6. The molecule has 0 heterocycles. The highest BCUT2D eigenvalue weighted by molar-refractivity contribution is 7.81. The lowest BCUT2D eigenvalue weighted by Crippen LogP contribution is -2.62. The summed E-state index contributed by atoms with van der Waals surface area (Å²) in [4.78, 5) is 0. The second kappa shape index (κ2) is 11.4. The van der Waals surface area contributed by atoms with E-state index in [1.807, 2.05) is 6.92 Å². The van der Waals surface area contributed by atoms with Gasteiger partial charge in [0.05, 0.1) is 18.8 Å². The molecule has 0 aromatic heterocycles. The highest BCUT2D eigenvalue weighted by atomic mass is 32.3. The highest BCUT2D eigenvalue weighted by Crippen LogP contribution is 2.68. The second-order valence-corrected chi connectivity index (χ2v) is 15.8. The standard InChI is InChI=1S/C27H48O10S2/c1-16(15-36-38(30,31)32)6-5-7-17(2)18-8-9-19-24-20(10-12-26(18,19)3)27(4)13-11-23(37-39(33,34)35)25(29)21(27)14-22(24)28/h16-25,28-29H,5-15H2,1-4H3,(H,30,31,32)(H,33,34,35)/p-2/t16-,17-,18-,19+,20+,21+,22-,23-,24+,25-,26-,27-/m1/s1. The molecule has 0 spiro atoms. The van der Waals surface area contributed by atoms with Crippen molar-refractivity contribution in [3.05, 3.63) is 0 Å². The normalized spacial score (nSPS) is 44.2. The summed E-state index contributed by atoms with van der Waals surface area (Å²) >= 11 is 0. The van der Waals surface area contributed by atoms with Gasteiger partial charge < -0.3 is 19.3 Å². The molecule has 2 N–H and O–H groups in total. The molecule has 0 aromatic carbocycles. The zero-order valence-electron chi connectivity index (χ0n) is 23.5. The molecular weight excluding hydrogens is 548 g/mol. The van der Waals surface area contributed by atoms with Gasteiger partial charge >= 0.3 is 0 Å². The van der Waals surface area contributed by atoms with E-state index in [1.165, 1.54) is 0 Å². The van der Waals surface area contributed by atoms with Crippen LogP contribution in [0.25, 0.3) is 0 Å². The van der Waals surface area contributed by atoms with Crippen molar-refractivity contribution in [2.45, 2.75) is 110 Å². The fraction of sp³-hybridized carbons (Fsp3) is 1.00. The van der Waals surface area contributed by atoms with Crippen LogP contribution in [0.15, 0.2) is 0 Å². The molecule has 0 aliphatic heterocycles. The molecule has 228 valence electrons. The molecule has 0 bridgehead atoms. The fourth-order valence-corrected chi connectivity index (χ4v) is 10.7. The van der Waals surface area contributed by atoms with Gasteiger partial charge in [0.15, 0.2) is 0 Å². The van der Waals surface area contributed by atoms with Crippen LogP contribution in [0, 0.1) is 52.3 Å². The lowest BCUT2D eigenvalue weighted by atomic mass is 9.43. The van der Waals surface area contributed by atoms with Gasteiger partial charge in [-0.1, -0.05) is 40.5 Å². The molecule has 4 aliphatic carbocycles. The SMILES string of the molecule is C[C@H](CCC[C@@H](C)[C@H]1CC[C@H]2[C@@H]3[C@H](O)C[C@H]4[C@@H](O)[C@H](OS(=O)(=O)[O-])CC[C@]4(C)[C@H]3CC[C@]12C)COS(=O)(=O)[O-]. The van der Waals surface area contributed by atoms with Gasteiger partial charge in [0.25, 0.3) is 0 Å². The fourth-order valence-electron chi connectivity index (χ4n) is 9.75. The summed E-state index contributed by atoms with van der Waals surface area (Å²) in [6.07, 6.45) is 5.45. The van der Waals surface area contributed by atoms with Gasteiger partial charge in [-0.3, -0.25) is 8.37 Å². The average Bonchev–Trinajstić information content (AvgIpc) is 3.17. The number of aliphatic hydroxyl groups is 2. The van der Waals surface area contributed by atoms with Crippen molar-refractivity contribution >= 4 is 20.8 Å². The number of aliphatic hydroxyl groups excluding tert-OH is 2. The summed E-state index contributed by atoms with van der Waals surface area (Å²) in [5.74, 6) is 1.37. The first kappa shape index (κ1) is 31.6. The van der Waals surface area contributed by atoms with Crippen LogP contribution < -0.4 is 0 Å². The van der Waals surface area contributed by atoms with Crippen molar-refractivity contribution < 1.29 is 44.5 Å². The zero-order valence-corrected chi connectivity index (χ0v) is 25.2. The molecule has 0 aromatic rings. The number of rotatable bonds is 10. The minimum Gasteiger partial charge on any atom is -0.726 e. The average molecular weight is 595 g/mol. The molecule has 4 aliphatic rings. The third kappa shape index (κ3) is 6.53. The van der Waals surface area contributed by atoms with Crippen LogP contribution in [0.3, 0.4) is 0 Å². The smallest absolute Gasteiger partial charge is 0.217 e. The molecule has 12 atom stereocenters. The topological polar surface area (TPSA) is 173 Å². The molecule has 0 amide bonds. The molecule has 0 unspecified atom stereocenters. The van der Waals surface area contributed by atoms with E-state index < -0.39 is 39.1 Å². The van der Waals surface area contributed by atoms with Gasteiger partial charge in [-0.15, -0.1) is 0 Å². The molecule has 0 saturated heterocycles. The molecule has 4 fully saturated rings. The predicted octanol–water partition coefficient (Wildman–Crippen LogP) is 3.35. The van der Waals surface area contributed by atoms with Crippen molar-refractivity contribution in [2.75, 3.05) is 6.61 Å². The van der Waals surface area contributed by atoms with E-state index in [1.54, 1.807) is 0 Å². The number of hydrogen-bond acceptors (Lipinski definition) is 10. The third-order valence-corrected chi connectivity index (χ3v) is 12.5. The highest BCUT2D eigenvalue weighted by Gasteiger charge is 2.64. The predicted molar refractivity (Wildman–Crippen MR) is 140 cm³/mol. The molecule has 39 heavy (non-hydrogen) atoms. The van der Waals surface area contributed by atoms with E-state index in [0.717, 1.165) is 44.9 Å². The summed E-state index contributed by atoms with van der Waals surface area (Å²) in [6, 6.07) is 0. The largest absolute Gasteiger partial charge is 0.726 e. The van der Waals surface area contributed by atoms with Crippen LogP contribution in [0.2, 0.25) is 0 Å². The van der Waals surface area contributed by atoms with Crippen molar-refractivity contribution in [1.82, 2.24) is 0 Å². The molecule has 4 rings (SSSR count). The Labute approximate surface area is 234 Å². The van der Waals surface area contributed by atoms with Gasteiger partial charge in [-0.25, -0.2) is 16.8 Å². The van der Waals surface area contributed by atoms with E-state index >= 15 is 0 Å². The van der Waals surface area contributed by atoms with Crippen LogP contribution in [0.1, 0.15) is 91.9 Å². The maximum absolute atomic E-state index is 11.5. The Morgan fingerprint density at radius 1 is 0.872 bits per heavy atom. The van der Waals surface area contributed by atoms with E-state index in [9.17, 15) is 36.2 Å². The van der Waals surface area contributed by atoms with Crippen LogP contribution in [-0.2, 0) is 29.2 Å². The molecule has 0 radical (unpaired) electrons. The molecule has 4 saturated carbocycles. The van der Waals surface area contributed by atoms with Crippen molar-refractivity contribution in [3.8, 4) is 0 Å². The second-order valence-electron chi connectivity index (χ2n) is 13.7. The summed E-state index contributed by atoms with van der Waals surface area (Å²) in [7, 11) is -9.58. The number of fused-ring (bicyclic) bond motifs is 5. The van der Waals surface area contributed by atoms with E-state index in [4.69, 9.17) is 4.18 Å². The first-order valence-electron chi connectivity index (χ1n) is 14.6. The van der Waals surface area contributed by atoms with Gasteiger partial charge in [-0.05, 0) is 104 Å². The Morgan fingerprint density at radius 2 is 1.51 bits per heavy atom. The Hall–Kier alpha value is -0.340. The van der Waals surface area contributed by atoms with E-state index in [2.05, 4.69) is 25.0 Å². The maximum Gasteiger partial charge on any atom is 0.217 e. The van der Waals surface area contributed by atoms with Gasteiger partial charge in [0.2, 0.25) is 20.8 Å². The Balaban J connectivity index is 1.41. The van der Waals surface area contributed by atoms with E-state index in [-0.39, 0.29) is 41.1 Å². The molecular formula is C27H46O10S2-2. The molecule has 10 nitrogen and oxygen atoms in total. The summed E-state index contributed by atoms with van der Waals surface area (Å²) < 4.78 is 74.9. The van der Waals surface area contributed by atoms with Crippen LogP contribution in [0.5, 0.6) is 0 Å². The lowest BCUT2D eigenvalue weighted by molar-refractivity contribution is -0.204. The van der Waals surface area contributed by atoms with Crippen molar-refractivity contribution in [1.29, 1.82) is 0 Å².